The molecule has 22 heavy (non-hydrogen) atoms. The Morgan fingerprint density at radius 2 is 1.73 bits per heavy atom. The molecule has 1 atom stereocenters. The molecule has 1 aromatic heterocycles. The van der Waals surface area contributed by atoms with Gasteiger partial charge in [0.05, 0.1) is 0 Å². The Morgan fingerprint density at radius 3 is 2.32 bits per heavy atom. The molecule has 2 aromatic rings. The van der Waals surface area contributed by atoms with Crippen molar-refractivity contribution in [3.05, 3.63) is 58.9 Å². The fourth-order valence-corrected chi connectivity index (χ4v) is 8.41. The molecule has 0 saturated heterocycles. The van der Waals surface area contributed by atoms with Crippen molar-refractivity contribution in [1.29, 1.82) is 0 Å². The summed E-state index contributed by atoms with van der Waals surface area (Å²) >= 11 is 1.60. The van der Waals surface area contributed by atoms with Crippen LogP contribution in [0.25, 0.3) is 17.3 Å². The van der Waals surface area contributed by atoms with Crippen molar-refractivity contribution in [3.63, 3.8) is 0 Å². The Labute approximate surface area is 161 Å². The number of aromatic nitrogens is 1. The van der Waals surface area contributed by atoms with Crippen LogP contribution in [0.1, 0.15) is 14.8 Å². The molecule has 0 aliphatic heterocycles. The number of benzene rings is 1. The average molecular weight is 427 g/mol. The number of pyridine rings is 1. The third kappa shape index (κ3) is 3.64. The predicted molar refractivity (Wildman–Crippen MR) is 83.7 cm³/mol. The minimum Gasteiger partial charge on any atom is -1.00 e. The number of rotatable bonds is 2. The Kier molecular flexibility index (Phi) is 6.83. The first kappa shape index (κ1) is 19.8. The average Bonchev–Trinajstić information content (AvgIpc) is 2.77. The van der Waals surface area contributed by atoms with Crippen molar-refractivity contribution >= 4 is 14.1 Å². The molecule has 1 aliphatic carbocycles. The molecule has 0 bridgehead atoms. The maximum Gasteiger partial charge on any atom is -1.00 e. The molecular formula is C17H18Cl2NSiZr. The summed E-state index contributed by atoms with van der Waals surface area (Å²) in [5.41, 5.74) is 5.28. The molecular weight excluding hydrogens is 408 g/mol. The number of fused-ring (bicyclic) bond motifs is 1. The zero-order valence-corrected chi connectivity index (χ0v) is 17.9. The van der Waals surface area contributed by atoms with E-state index >= 15 is 0 Å². The second-order valence-corrected chi connectivity index (χ2v) is 12.8. The first-order valence-electron chi connectivity index (χ1n) is 6.96. The van der Waals surface area contributed by atoms with Crippen LogP contribution in [0.15, 0.2) is 47.8 Å². The molecule has 0 spiro atoms. The Balaban J connectivity index is 0.00000121. The van der Waals surface area contributed by atoms with Crippen LogP contribution in [0.3, 0.4) is 0 Å². The van der Waals surface area contributed by atoms with E-state index in [1.807, 2.05) is 12.3 Å². The molecule has 1 nitrogen and oxygen atoms in total. The first-order chi connectivity index (χ1) is 9.48. The zero-order valence-electron chi connectivity index (χ0n) is 12.9. The molecule has 0 radical (unpaired) electrons. The molecule has 0 fully saturated rings. The largest absolute Gasteiger partial charge is 1.00 e. The molecule has 1 heterocycles. The van der Waals surface area contributed by atoms with Gasteiger partial charge in [-0.15, -0.1) is 0 Å². The number of allylic oxidation sites excluding steroid dienone is 1. The van der Waals surface area contributed by atoms with E-state index in [0.29, 0.717) is 3.63 Å². The monoisotopic (exact) mass is 424 g/mol. The van der Waals surface area contributed by atoms with E-state index in [4.69, 9.17) is 0 Å². The van der Waals surface area contributed by atoms with Gasteiger partial charge < -0.3 is 24.8 Å². The molecule has 113 valence electrons. The summed E-state index contributed by atoms with van der Waals surface area (Å²) in [5.74, 6) is 0. The summed E-state index contributed by atoms with van der Waals surface area (Å²) in [5, 5.41) is 1.69. The van der Waals surface area contributed by atoms with Crippen molar-refractivity contribution in [3.8, 4) is 11.3 Å². The SMILES string of the molecule is C[Si](C)(C)C1=Cc2c(-c3ccccn3)cccc2[CH]1[Zr+2].[Cl-].[Cl-]. The third-order valence-electron chi connectivity index (χ3n) is 3.87. The van der Waals surface area contributed by atoms with Gasteiger partial charge in [-0.1, -0.05) is 0 Å². The van der Waals surface area contributed by atoms with Crippen molar-refractivity contribution in [1.82, 2.24) is 4.98 Å². The summed E-state index contributed by atoms with van der Waals surface area (Å²) in [4.78, 5) is 4.53. The number of hydrogen-bond acceptors (Lipinski definition) is 1. The maximum absolute atomic E-state index is 4.53. The first-order valence-corrected chi connectivity index (χ1v) is 11.9. The van der Waals surface area contributed by atoms with Crippen LogP contribution in [0, 0.1) is 0 Å². The van der Waals surface area contributed by atoms with Gasteiger partial charge in [-0.05, 0) is 0 Å². The molecule has 5 heteroatoms. The molecule has 0 saturated carbocycles. The maximum atomic E-state index is 4.53. The van der Waals surface area contributed by atoms with Crippen LogP contribution < -0.4 is 24.8 Å². The van der Waals surface area contributed by atoms with E-state index in [9.17, 15) is 0 Å². The van der Waals surface area contributed by atoms with Crippen LogP contribution in [0.5, 0.6) is 0 Å². The smallest absolute Gasteiger partial charge is 1.00 e. The van der Waals surface area contributed by atoms with Gasteiger partial charge in [0.15, 0.2) is 0 Å². The Hall–Kier alpha value is -0.210. The van der Waals surface area contributed by atoms with E-state index in [1.165, 1.54) is 16.7 Å². The number of nitrogens with zero attached hydrogens (tertiary/aromatic N) is 1. The van der Waals surface area contributed by atoms with Crippen molar-refractivity contribution in [2.45, 2.75) is 23.3 Å². The molecule has 1 aromatic carbocycles. The molecule has 1 unspecified atom stereocenters. The van der Waals surface area contributed by atoms with Gasteiger partial charge >= 0.3 is 137 Å². The van der Waals surface area contributed by atoms with Gasteiger partial charge in [0.2, 0.25) is 0 Å². The fraction of sp³-hybridized carbons (Fsp3) is 0.235. The van der Waals surface area contributed by atoms with Crippen molar-refractivity contribution < 1.29 is 49.5 Å². The second-order valence-electron chi connectivity index (χ2n) is 6.31. The summed E-state index contributed by atoms with van der Waals surface area (Å²) < 4.78 is 0.646. The van der Waals surface area contributed by atoms with Gasteiger partial charge in [0.25, 0.3) is 0 Å². The van der Waals surface area contributed by atoms with Gasteiger partial charge in [0.1, 0.15) is 0 Å². The van der Waals surface area contributed by atoms with E-state index < -0.39 is 8.07 Å². The minimum absolute atomic E-state index is 0. The van der Waals surface area contributed by atoms with E-state index in [1.54, 1.807) is 29.9 Å². The van der Waals surface area contributed by atoms with Crippen molar-refractivity contribution in [2.24, 2.45) is 0 Å². The molecule has 0 amide bonds. The molecule has 1 aliphatic rings. The summed E-state index contributed by atoms with van der Waals surface area (Å²) in [7, 11) is -1.25. The fourth-order valence-electron chi connectivity index (χ4n) is 2.80. The number of halogens is 2. The van der Waals surface area contributed by atoms with Crippen LogP contribution in [-0.2, 0) is 24.7 Å². The van der Waals surface area contributed by atoms with Crippen LogP contribution >= 0.6 is 0 Å². The minimum atomic E-state index is -1.25. The predicted octanol–water partition coefficient (Wildman–Crippen LogP) is -1.38. The zero-order chi connectivity index (χ0) is 14.3. The van der Waals surface area contributed by atoms with Gasteiger partial charge in [0, 0.05) is 0 Å². The van der Waals surface area contributed by atoms with Gasteiger partial charge in [-0.2, -0.15) is 0 Å². The number of hydrogen-bond donors (Lipinski definition) is 0. The third-order valence-corrected chi connectivity index (χ3v) is 8.27. The molecule has 0 N–H and O–H groups in total. The summed E-state index contributed by atoms with van der Waals surface area (Å²) in [6.45, 7) is 7.34. The van der Waals surface area contributed by atoms with Crippen LogP contribution in [-0.4, -0.2) is 13.1 Å². The van der Waals surface area contributed by atoms with Gasteiger partial charge in [-0.3, -0.25) is 0 Å². The Morgan fingerprint density at radius 1 is 1.00 bits per heavy atom. The molecule has 3 rings (SSSR count). The van der Waals surface area contributed by atoms with Crippen LogP contribution in [0.4, 0.5) is 0 Å². The summed E-state index contributed by atoms with van der Waals surface area (Å²) in [6.07, 6.45) is 4.34. The van der Waals surface area contributed by atoms with Crippen LogP contribution in [0.2, 0.25) is 19.6 Å². The Bertz CT molecular complexity index is 681. The van der Waals surface area contributed by atoms with E-state index in [2.05, 4.69) is 61.0 Å². The standard InChI is InChI=1S/C17H18NSi.2ClH.Zr/c1-19(2,3)14-11-13-7-6-8-15(16(13)12-14)17-9-4-5-10-18-17;;;/h4-12H,1-3H3;2*1H;/q;;;+2/p-2. The summed E-state index contributed by atoms with van der Waals surface area (Å²) in [6, 6.07) is 12.8. The normalized spacial score (nSPS) is 16.2. The van der Waals surface area contributed by atoms with Crippen molar-refractivity contribution in [2.75, 3.05) is 0 Å². The van der Waals surface area contributed by atoms with E-state index in [0.717, 1.165) is 5.69 Å². The quantitative estimate of drug-likeness (QED) is 0.540. The second kappa shape index (κ2) is 7.57. The van der Waals surface area contributed by atoms with E-state index in [-0.39, 0.29) is 24.8 Å². The van der Waals surface area contributed by atoms with Gasteiger partial charge in [-0.25, -0.2) is 0 Å². The topological polar surface area (TPSA) is 12.9 Å².